The summed E-state index contributed by atoms with van der Waals surface area (Å²) in [5.41, 5.74) is -1.86. The fraction of sp³-hybridized carbons (Fsp3) is 0.656. The van der Waals surface area contributed by atoms with Gasteiger partial charge in [0, 0.05) is 30.3 Å². The lowest BCUT2D eigenvalue weighted by Crippen LogP contribution is -2.73. The topological polar surface area (TPSA) is 110 Å². The molecule has 7 nitrogen and oxygen atoms in total. The molecule has 7 heteroatoms. The largest absolute Gasteiger partial charge is 0.458 e. The van der Waals surface area contributed by atoms with E-state index in [1.807, 2.05) is 37.3 Å². The molecule has 39 heavy (non-hydrogen) atoms. The summed E-state index contributed by atoms with van der Waals surface area (Å²) in [7, 11) is 0. The van der Waals surface area contributed by atoms with Crippen molar-refractivity contribution in [1.82, 2.24) is 0 Å². The molecule has 5 rings (SSSR count). The standard InChI is InChI=1S/C32H42O7/c1-19(33)24-15-17-32(37)25-12-11-22-18-23(35)14-16-30(22,3)27(25)28(38-20(2)34)29(31(24,32)4)39-26(36)13-10-21-8-6-5-7-9-21/h5-10,13,22-25,27-29,35,37H,11-12,14-18H2,1-4H3. The van der Waals surface area contributed by atoms with Crippen LogP contribution in [0.3, 0.4) is 0 Å². The number of rotatable bonds is 5. The molecule has 0 spiro atoms. The van der Waals surface area contributed by atoms with Crippen LogP contribution in [0, 0.1) is 34.5 Å². The molecular weight excluding hydrogens is 496 g/mol. The highest BCUT2D eigenvalue weighted by Gasteiger charge is 2.75. The van der Waals surface area contributed by atoms with Crippen molar-refractivity contribution >= 4 is 23.8 Å². The molecule has 2 N–H and O–H groups in total. The number of ketones is 1. The van der Waals surface area contributed by atoms with Crippen LogP contribution in [0.25, 0.3) is 6.08 Å². The summed E-state index contributed by atoms with van der Waals surface area (Å²) in [5, 5.41) is 23.1. The molecule has 0 aliphatic heterocycles. The van der Waals surface area contributed by atoms with Crippen LogP contribution >= 0.6 is 0 Å². The molecule has 0 radical (unpaired) electrons. The van der Waals surface area contributed by atoms with Crippen LogP contribution in [0.5, 0.6) is 0 Å². The molecular formula is C32H42O7. The average molecular weight is 539 g/mol. The predicted octanol–water partition coefficient (Wildman–Crippen LogP) is 4.49. The Morgan fingerprint density at radius 1 is 0.974 bits per heavy atom. The highest BCUT2D eigenvalue weighted by molar-refractivity contribution is 5.87. The highest BCUT2D eigenvalue weighted by atomic mass is 16.6. The van der Waals surface area contributed by atoms with E-state index in [0.717, 1.165) is 18.4 Å². The van der Waals surface area contributed by atoms with E-state index in [1.165, 1.54) is 19.9 Å². The molecule has 1 aromatic carbocycles. The Bertz CT molecular complexity index is 1150. The number of esters is 2. The molecule has 0 saturated heterocycles. The maximum Gasteiger partial charge on any atom is 0.331 e. The Kier molecular flexibility index (Phi) is 7.30. The molecule has 0 amide bonds. The minimum atomic E-state index is -1.26. The first-order chi connectivity index (χ1) is 18.4. The quantitative estimate of drug-likeness (QED) is 0.420. The van der Waals surface area contributed by atoms with Gasteiger partial charge in [0.2, 0.25) is 0 Å². The third-order valence-corrected chi connectivity index (χ3v) is 11.1. The van der Waals surface area contributed by atoms with Gasteiger partial charge in [-0.1, -0.05) is 44.2 Å². The van der Waals surface area contributed by atoms with E-state index in [1.54, 1.807) is 6.08 Å². The minimum absolute atomic E-state index is 0.0602. The number of carbonyl (C=O) groups is 3. The first-order valence-corrected chi connectivity index (χ1v) is 14.4. The average Bonchev–Trinajstić information content (AvgIpc) is 3.17. The van der Waals surface area contributed by atoms with Crippen molar-refractivity contribution in [3.63, 3.8) is 0 Å². The van der Waals surface area contributed by atoms with Crippen LogP contribution in [0.4, 0.5) is 0 Å². The van der Waals surface area contributed by atoms with E-state index in [9.17, 15) is 24.6 Å². The second-order valence-corrected chi connectivity index (χ2v) is 12.9. The number of hydrogen-bond donors (Lipinski definition) is 2. The van der Waals surface area contributed by atoms with E-state index in [4.69, 9.17) is 9.47 Å². The van der Waals surface area contributed by atoms with Gasteiger partial charge in [-0.05, 0) is 80.8 Å². The van der Waals surface area contributed by atoms with Gasteiger partial charge in [0.25, 0.3) is 0 Å². The second-order valence-electron chi connectivity index (χ2n) is 12.9. The molecule has 4 fully saturated rings. The predicted molar refractivity (Wildman–Crippen MR) is 145 cm³/mol. The van der Waals surface area contributed by atoms with Gasteiger partial charge in [-0.25, -0.2) is 4.79 Å². The molecule has 0 bridgehead atoms. The van der Waals surface area contributed by atoms with Gasteiger partial charge in [-0.2, -0.15) is 0 Å². The zero-order valence-electron chi connectivity index (χ0n) is 23.5. The summed E-state index contributed by atoms with van der Waals surface area (Å²) in [5.74, 6) is -1.96. The lowest BCUT2D eigenvalue weighted by atomic mass is 9.41. The first-order valence-electron chi connectivity index (χ1n) is 14.4. The van der Waals surface area contributed by atoms with Crippen LogP contribution in [0.15, 0.2) is 36.4 Å². The molecule has 10 unspecified atom stereocenters. The number of aliphatic hydroxyl groups excluding tert-OH is 1. The Morgan fingerprint density at radius 2 is 1.69 bits per heavy atom. The zero-order valence-corrected chi connectivity index (χ0v) is 23.5. The van der Waals surface area contributed by atoms with Gasteiger partial charge in [0.05, 0.1) is 11.7 Å². The summed E-state index contributed by atoms with van der Waals surface area (Å²) >= 11 is 0. The number of ether oxygens (including phenoxy) is 2. The maximum absolute atomic E-state index is 13.3. The Balaban J connectivity index is 1.60. The molecule has 212 valence electrons. The Morgan fingerprint density at radius 3 is 2.36 bits per heavy atom. The first kappa shape index (κ1) is 28.0. The number of Topliss-reactive ketones (excluding diaryl/α,β-unsaturated/α-hetero) is 1. The van der Waals surface area contributed by atoms with Crippen LogP contribution in [0.2, 0.25) is 0 Å². The van der Waals surface area contributed by atoms with Crippen molar-refractivity contribution in [3.8, 4) is 0 Å². The van der Waals surface area contributed by atoms with Crippen molar-refractivity contribution in [2.75, 3.05) is 0 Å². The summed E-state index contributed by atoms with van der Waals surface area (Å²) in [6, 6.07) is 9.40. The fourth-order valence-corrected chi connectivity index (χ4v) is 9.27. The van der Waals surface area contributed by atoms with Crippen molar-refractivity contribution in [3.05, 3.63) is 42.0 Å². The SMILES string of the molecule is CC(=O)OC1C2C(CCC3CC(O)CCC32C)C2(O)CCC(C(C)=O)C2(C)C1OC(=O)C=Cc1ccccc1. The van der Waals surface area contributed by atoms with Crippen molar-refractivity contribution in [2.24, 2.45) is 34.5 Å². The summed E-state index contributed by atoms with van der Waals surface area (Å²) < 4.78 is 12.3. The van der Waals surface area contributed by atoms with Crippen molar-refractivity contribution < 1.29 is 34.1 Å². The van der Waals surface area contributed by atoms with Gasteiger partial charge in [0.15, 0.2) is 0 Å². The molecule has 4 aliphatic rings. The second kappa shape index (κ2) is 10.2. The van der Waals surface area contributed by atoms with E-state index < -0.39 is 41.1 Å². The summed E-state index contributed by atoms with van der Waals surface area (Å²) in [6.45, 7) is 6.94. The van der Waals surface area contributed by atoms with Crippen LogP contribution in [-0.2, 0) is 23.9 Å². The number of aliphatic hydroxyl groups is 2. The molecule has 1 aromatic rings. The molecule has 0 heterocycles. The van der Waals surface area contributed by atoms with Crippen LogP contribution in [0.1, 0.15) is 78.2 Å². The fourth-order valence-electron chi connectivity index (χ4n) is 9.27. The van der Waals surface area contributed by atoms with E-state index in [0.29, 0.717) is 32.1 Å². The van der Waals surface area contributed by atoms with Gasteiger partial charge in [0.1, 0.15) is 18.0 Å². The van der Waals surface area contributed by atoms with Gasteiger partial charge < -0.3 is 19.7 Å². The molecule has 10 atom stereocenters. The Hall–Kier alpha value is -2.51. The normalized spacial score (nSPS) is 43.2. The monoisotopic (exact) mass is 538 g/mol. The summed E-state index contributed by atoms with van der Waals surface area (Å²) in [6.07, 6.45) is 5.37. The van der Waals surface area contributed by atoms with Crippen LogP contribution < -0.4 is 0 Å². The third-order valence-electron chi connectivity index (χ3n) is 11.1. The minimum Gasteiger partial charge on any atom is -0.458 e. The van der Waals surface area contributed by atoms with Gasteiger partial charge >= 0.3 is 11.9 Å². The zero-order chi connectivity index (χ0) is 28.2. The number of carbonyl (C=O) groups excluding carboxylic acids is 3. The number of fused-ring (bicyclic) bond motifs is 5. The van der Waals surface area contributed by atoms with Crippen molar-refractivity contribution in [2.45, 2.75) is 96.6 Å². The van der Waals surface area contributed by atoms with E-state index >= 15 is 0 Å². The lowest BCUT2D eigenvalue weighted by molar-refractivity contribution is -0.290. The van der Waals surface area contributed by atoms with Crippen LogP contribution in [-0.4, -0.2) is 51.8 Å². The van der Waals surface area contributed by atoms with E-state index in [2.05, 4.69) is 6.92 Å². The Labute approximate surface area is 231 Å². The molecule has 4 saturated carbocycles. The number of benzene rings is 1. The lowest BCUT2D eigenvalue weighted by Gasteiger charge is -2.66. The van der Waals surface area contributed by atoms with Crippen molar-refractivity contribution in [1.29, 1.82) is 0 Å². The maximum atomic E-state index is 13.3. The smallest absolute Gasteiger partial charge is 0.331 e. The summed E-state index contributed by atoms with van der Waals surface area (Å²) in [4.78, 5) is 38.9. The van der Waals surface area contributed by atoms with Gasteiger partial charge in [-0.3, -0.25) is 9.59 Å². The van der Waals surface area contributed by atoms with Gasteiger partial charge in [-0.15, -0.1) is 0 Å². The molecule has 0 aromatic heterocycles. The van der Waals surface area contributed by atoms with E-state index in [-0.39, 0.29) is 35.1 Å². The number of hydrogen-bond acceptors (Lipinski definition) is 7. The third kappa shape index (κ3) is 4.46. The highest BCUT2D eigenvalue weighted by Crippen LogP contribution is 2.70. The molecule has 4 aliphatic carbocycles.